The molecule has 0 bridgehead atoms. The molecule has 9 heteroatoms. The van der Waals surface area contributed by atoms with Gasteiger partial charge in [-0.2, -0.15) is 13.2 Å². The fourth-order valence-electron chi connectivity index (χ4n) is 4.88. The van der Waals surface area contributed by atoms with E-state index >= 15 is 0 Å². The fourth-order valence-corrected chi connectivity index (χ4v) is 4.88. The zero-order chi connectivity index (χ0) is 22.0. The summed E-state index contributed by atoms with van der Waals surface area (Å²) in [6.07, 6.45) is -1.70. The molecule has 2 unspecified atom stereocenters. The van der Waals surface area contributed by atoms with Gasteiger partial charge >= 0.3 is 6.18 Å². The molecule has 0 radical (unpaired) electrons. The van der Waals surface area contributed by atoms with Crippen molar-refractivity contribution in [1.82, 2.24) is 5.32 Å². The van der Waals surface area contributed by atoms with Gasteiger partial charge in [-0.25, -0.2) is 0 Å². The minimum absolute atomic E-state index is 0.0409. The number of alkyl halides is 3. The quantitative estimate of drug-likeness (QED) is 0.764. The molecule has 1 aliphatic carbocycles. The maximum absolute atomic E-state index is 13.3. The zero-order valence-electron chi connectivity index (χ0n) is 17.2. The Morgan fingerprint density at radius 3 is 2.74 bits per heavy atom. The van der Waals surface area contributed by atoms with E-state index in [0.717, 1.165) is 25.0 Å². The number of benzene rings is 1. The van der Waals surface area contributed by atoms with Gasteiger partial charge in [0.2, 0.25) is 5.76 Å². The van der Waals surface area contributed by atoms with Crippen LogP contribution < -0.4 is 10.2 Å². The molecule has 3 heterocycles. The summed E-state index contributed by atoms with van der Waals surface area (Å²) >= 11 is 0. The molecule has 1 aromatic carbocycles. The summed E-state index contributed by atoms with van der Waals surface area (Å²) < 4.78 is 51.7. The van der Waals surface area contributed by atoms with E-state index in [9.17, 15) is 23.1 Å². The molecule has 2 N–H and O–H groups in total. The Morgan fingerprint density at radius 2 is 2.06 bits per heavy atom. The van der Waals surface area contributed by atoms with Crippen molar-refractivity contribution in [3.63, 3.8) is 0 Å². The molecule has 2 fully saturated rings. The summed E-state index contributed by atoms with van der Waals surface area (Å²) in [5, 5.41) is 13.6. The Morgan fingerprint density at radius 1 is 1.29 bits per heavy atom. The lowest BCUT2D eigenvalue weighted by Gasteiger charge is -2.40. The Bertz CT molecular complexity index is 1030. The molecule has 31 heavy (non-hydrogen) atoms. The Balaban J connectivity index is 1.53. The lowest BCUT2D eigenvalue weighted by Crippen LogP contribution is -2.46. The fraction of sp³-hybridized carbons (Fsp3) is 0.591. The summed E-state index contributed by atoms with van der Waals surface area (Å²) in [5.74, 6) is -0.386. The molecule has 0 spiro atoms. The summed E-state index contributed by atoms with van der Waals surface area (Å²) in [4.78, 5) is 14.5. The standard InChI is InChI=1S/C22H25F3N2O4/c1-20(29)6-9-30-16(11-20)21(4-5-21)12-27-8-7-26-19(28)18-17(27)14-10-13(22(23,24)25)2-3-15(14)31-18/h2-3,10,16,29H,4-9,11-12H2,1H3,(H,26,28). The van der Waals surface area contributed by atoms with Gasteiger partial charge < -0.3 is 24.5 Å². The first-order chi connectivity index (χ1) is 14.6. The highest BCUT2D eigenvalue weighted by Gasteiger charge is 2.54. The van der Waals surface area contributed by atoms with Crippen molar-refractivity contribution in [2.45, 2.75) is 50.5 Å². The average Bonchev–Trinajstić information content (AvgIpc) is 3.39. The summed E-state index contributed by atoms with van der Waals surface area (Å²) in [6.45, 7) is 3.64. The number of furan rings is 1. The zero-order valence-corrected chi connectivity index (χ0v) is 17.2. The number of carbonyl (C=O) groups is 1. The smallest absolute Gasteiger partial charge is 0.416 e. The molecule has 1 saturated heterocycles. The molecule has 5 rings (SSSR count). The van der Waals surface area contributed by atoms with E-state index in [4.69, 9.17) is 9.15 Å². The third-order valence-corrected chi connectivity index (χ3v) is 6.84. The van der Waals surface area contributed by atoms with E-state index < -0.39 is 23.2 Å². The molecule has 6 nitrogen and oxygen atoms in total. The molecule has 168 valence electrons. The van der Waals surface area contributed by atoms with Crippen molar-refractivity contribution in [1.29, 1.82) is 0 Å². The normalized spacial score (nSPS) is 28.2. The first-order valence-electron chi connectivity index (χ1n) is 10.6. The van der Waals surface area contributed by atoms with E-state index in [1.807, 2.05) is 11.8 Å². The number of amides is 1. The monoisotopic (exact) mass is 438 g/mol. The van der Waals surface area contributed by atoms with E-state index in [0.29, 0.717) is 44.8 Å². The van der Waals surface area contributed by atoms with Crippen LogP contribution in [0.3, 0.4) is 0 Å². The number of anilines is 1. The number of carbonyl (C=O) groups excluding carboxylic acids is 1. The SMILES string of the molecule is CC1(O)CCOC(C2(CN3CCNC(=O)c4oc5ccc(C(F)(F)F)cc5c43)CC2)C1. The van der Waals surface area contributed by atoms with E-state index in [1.54, 1.807) is 0 Å². The third kappa shape index (κ3) is 3.67. The van der Waals surface area contributed by atoms with Crippen LogP contribution in [0.2, 0.25) is 0 Å². The third-order valence-electron chi connectivity index (χ3n) is 6.84. The van der Waals surface area contributed by atoms with Gasteiger partial charge in [0.15, 0.2) is 0 Å². The Kier molecular flexibility index (Phi) is 4.57. The number of rotatable bonds is 3. The van der Waals surface area contributed by atoms with Crippen LogP contribution >= 0.6 is 0 Å². The van der Waals surface area contributed by atoms with Crippen LogP contribution in [0.1, 0.15) is 48.7 Å². The van der Waals surface area contributed by atoms with Crippen LogP contribution in [0, 0.1) is 5.41 Å². The van der Waals surface area contributed by atoms with Crippen LogP contribution in [0.5, 0.6) is 0 Å². The lowest BCUT2D eigenvalue weighted by atomic mass is 9.84. The van der Waals surface area contributed by atoms with Crippen molar-refractivity contribution in [3.8, 4) is 0 Å². The van der Waals surface area contributed by atoms with Crippen LogP contribution in [0.25, 0.3) is 11.0 Å². The molecule has 1 amide bonds. The number of hydrogen-bond acceptors (Lipinski definition) is 5. The van der Waals surface area contributed by atoms with Gasteiger partial charge in [0, 0.05) is 43.5 Å². The van der Waals surface area contributed by atoms with Gasteiger partial charge in [0.05, 0.1) is 23.0 Å². The van der Waals surface area contributed by atoms with Crippen molar-refractivity contribution in [3.05, 3.63) is 29.5 Å². The van der Waals surface area contributed by atoms with Crippen molar-refractivity contribution in [2.24, 2.45) is 5.41 Å². The highest BCUT2D eigenvalue weighted by molar-refractivity contribution is 6.07. The van der Waals surface area contributed by atoms with Crippen molar-refractivity contribution in [2.75, 3.05) is 31.1 Å². The number of nitrogens with zero attached hydrogens (tertiary/aromatic N) is 1. The number of fused-ring (bicyclic) bond motifs is 3. The Hall–Kier alpha value is -2.26. The predicted molar refractivity (Wildman–Crippen MR) is 107 cm³/mol. The van der Waals surface area contributed by atoms with Crippen LogP contribution in [-0.4, -0.2) is 49.0 Å². The van der Waals surface area contributed by atoms with Crippen LogP contribution in [-0.2, 0) is 10.9 Å². The maximum Gasteiger partial charge on any atom is 0.416 e. The first-order valence-corrected chi connectivity index (χ1v) is 10.6. The van der Waals surface area contributed by atoms with Crippen LogP contribution in [0.15, 0.2) is 22.6 Å². The minimum atomic E-state index is -4.49. The van der Waals surface area contributed by atoms with Crippen molar-refractivity contribution >= 4 is 22.6 Å². The first kappa shape index (κ1) is 20.6. The van der Waals surface area contributed by atoms with Gasteiger partial charge in [-0.1, -0.05) is 0 Å². The number of hydrogen-bond donors (Lipinski definition) is 2. The van der Waals surface area contributed by atoms with E-state index in [1.165, 1.54) is 6.07 Å². The summed E-state index contributed by atoms with van der Waals surface area (Å²) in [5.41, 5.74) is -1.10. The van der Waals surface area contributed by atoms with Gasteiger partial charge in [-0.3, -0.25) is 4.79 Å². The number of halogens is 3. The number of ether oxygens (including phenoxy) is 1. The number of aliphatic hydroxyl groups is 1. The number of nitrogens with one attached hydrogen (secondary N) is 1. The van der Waals surface area contributed by atoms with E-state index in [2.05, 4.69) is 5.32 Å². The molecule has 1 aromatic heterocycles. The lowest BCUT2D eigenvalue weighted by molar-refractivity contribution is -0.137. The Labute approximate surface area is 177 Å². The largest absolute Gasteiger partial charge is 0.449 e. The van der Waals surface area contributed by atoms with Crippen molar-refractivity contribution < 1.29 is 32.2 Å². The minimum Gasteiger partial charge on any atom is -0.449 e. The topological polar surface area (TPSA) is 74.9 Å². The van der Waals surface area contributed by atoms with E-state index in [-0.39, 0.29) is 28.2 Å². The predicted octanol–water partition coefficient (Wildman–Crippen LogP) is 3.71. The van der Waals surface area contributed by atoms with Gasteiger partial charge in [-0.05, 0) is 44.4 Å². The molecular weight excluding hydrogens is 413 g/mol. The second-order valence-corrected chi connectivity index (χ2v) is 9.34. The van der Waals surface area contributed by atoms with Gasteiger partial charge in [0.1, 0.15) is 5.58 Å². The molecule has 2 atom stereocenters. The molecule has 2 aromatic rings. The molecular formula is C22H25F3N2O4. The maximum atomic E-state index is 13.3. The summed E-state index contributed by atoms with van der Waals surface area (Å²) in [6, 6.07) is 3.30. The summed E-state index contributed by atoms with van der Waals surface area (Å²) in [7, 11) is 0. The highest BCUT2D eigenvalue weighted by Crippen LogP contribution is 2.54. The average molecular weight is 438 g/mol. The highest BCUT2D eigenvalue weighted by atomic mass is 19.4. The molecule has 2 aliphatic heterocycles. The second-order valence-electron chi connectivity index (χ2n) is 9.34. The molecule has 3 aliphatic rings. The molecule has 1 saturated carbocycles. The second kappa shape index (κ2) is 6.87. The van der Waals surface area contributed by atoms with Gasteiger partial charge in [-0.15, -0.1) is 0 Å². The van der Waals surface area contributed by atoms with Crippen LogP contribution in [0.4, 0.5) is 18.9 Å². The van der Waals surface area contributed by atoms with Gasteiger partial charge in [0.25, 0.3) is 5.91 Å².